The van der Waals surface area contributed by atoms with Crippen LogP contribution >= 0.6 is 31.9 Å². The first-order chi connectivity index (χ1) is 13.1. The van der Waals surface area contributed by atoms with E-state index in [1.165, 1.54) is 0 Å². The molecule has 0 aliphatic carbocycles. The Bertz CT molecular complexity index is 1210. The van der Waals surface area contributed by atoms with Gasteiger partial charge in [0, 0.05) is 8.95 Å². The Hall–Kier alpha value is -2.50. The van der Waals surface area contributed by atoms with E-state index in [0.29, 0.717) is 16.7 Å². The Morgan fingerprint density at radius 3 is 2.37 bits per heavy atom. The van der Waals surface area contributed by atoms with Crippen molar-refractivity contribution in [1.82, 2.24) is 9.55 Å². The lowest BCUT2D eigenvalue weighted by atomic mass is 10.2. The van der Waals surface area contributed by atoms with Crippen LogP contribution in [0, 0.1) is 0 Å². The Balaban J connectivity index is 1.93. The van der Waals surface area contributed by atoms with E-state index in [-0.39, 0.29) is 5.56 Å². The van der Waals surface area contributed by atoms with Crippen molar-refractivity contribution in [3.63, 3.8) is 0 Å². The summed E-state index contributed by atoms with van der Waals surface area (Å²) in [4.78, 5) is 17.9. The summed E-state index contributed by atoms with van der Waals surface area (Å²) in [7, 11) is 0. The number of para-hydroxylation sites is 1. The van der Waals surface area contributed by atoms with Gasteiger partial charge in [0.2, 0.25) is 0 Å². The van der Waals surface area contributed by atoms with E-state index in [2.05, 4.69) is 31.9 Å². The molecule has 3 aromatic carbocycles. The van der Waals surface area contributed by atoms with Crippen LogP contribution < -0.4 is 5.56 Å². The highest BCUT2D eigenvalue weighted by Crippen LogP contribution is 2.18. The topological polar surface area (TPSA) is 34.9 Å². The number of nitrogens with zero attached hydrogens (tertiary/aromatic N) is 2. The first-order valence-electron chi connectivity index (χ1n) is 8.33. The summed E-state index contributed by atoms with van der Waals surface area (Å²) in [5.74, 6) is 0.584. The molecule has 27 heavy (non-hydrogen) atoms. The third-order valence-corrected chi connectivity index (χ3v) is 5.18. The molecule has 0 radical (unpaired) electrons. The molecule has 0 N–H and O–H groups in total. The Morgan fingerprint density at radius 2 is 1.59 bits per heavy atom. The normalized spacial score (nSPS) is 11.3. The second-order valence-corrected chi connectivity index (χ2v) is 7.82. The standard InChI is InChI=1S/C22H14Br2N2O/c23-16-9-11-18(12-10-16)26-21(13-8-15-4-3-5-17(24)14-15)25-20-7-2-1-6-19(20)22(26)27/h1-14H/b13-8+. The van der Waals surface area contributed by atoms with E-state index in [9.17, 15) is 4.79 Å². The summed E-state index contributed by atoms with van der Waals surface area (Å²) in [5.41, 5.74) is 2.39. The van der Waals surface area contributed by atoms with E-state index in [4.69, 9.17) is 4.98 Å². The molecule has 0 unspecified atom stereocenters. The average molecular weight is 482 g/mol. The van der Waals surface area contributed by atoms with Crippen molar-refractivity contribution in [2.24, 2.45) is 0 Å². The lowest BCUT2D eigenvalue weighted by Crippen LogP contribution is -2.22. The highest BCUT2D eigenvalue weighted by molar-refractivity contribution is 9.10. The van der Waals surface area contributed by atoms with Gasteiger partial charge in [0.15, 0.2) is 0 Å². The molecule has 0 saturated heterocycles. The molecule has 0 aliphatic rings. The van der Waals surface area contributed by atoms with Crippen molar-refractivity contribution >= 4 is 54.9 Å². The molecule has 1 aromatic heterocycles. The molecule has 5 heteroatoms. The van der Waals surface area contributed by atoms with Crippen molar-refractivity contribution in [3.8, 4) is 5.69 Å². The minimum Gasteiger partial charge on any atom is -0.268 e. The number of rotatable bonds is 3. The van der Waals surface area contributed by atoms with Gasteiger partial charge in [-0.25, -0.2) is 4.98 Å². The van der Waals surface area contributed by atoms with Gasteiger partial charge in [-0.2, -0.15) is 0 Å². The molecule has 0 saturated carbocycles. The van der Waals surface area contributed by atoms with Gasteiger partial charge < -0.3 is 0 Å². The van der Waals surface area contributed by atoms with E-state index in [0.717, 1.165) is 20.2 Å². The molecule has 1 heterocycles. The number of benzene rings is 3. The quantitative estimate of drug-likeness (QED) is 0.355. The van der Waals surface area contributed by atoms with Crippen LogP contribution in [0.1, 0.15) is 11.4 Å². The van der Waals surface area contributed by atoms with Crippen LogP contribution in [0.2, 0.25) is 0 Å². The fourth-order valence-electron chi connectivity index (χ4n) is 2.88. The summed E-state index contributed by atoms with van der Waals surface area (Å²) >= 11 is 6.92. The second-order valence-electron chi connectivity index (χ2n) is 5.99. The lowest BCUT2D eigenvalue weighted by molar-refractivity contribution is 0.943. The molecule has 0 fully saturated rings. The number of hydrogen-bond donors (Lipinski definition) is 0. The zero-order valence-electron chi connectivity index (χ0n) is 14.1. The number of aromatic nitrogens is 2. The Kier molecular flexibility index (Phi) is 5.05. The summed E-state index contributed by atoms with van der Waals surface area (Å²) in [5, 5.41) is 0.597. The molecule has 0 aliphatic heterocycles. The molecule has 3 nitrogen and oxygen atoms in total. The minimum absolute atomic E-state index is 0.0863. The molecule has 132 valence electrons. The summed E-state index contributed by atoms with van der Waals surface area (Å²) in [6.45, 7) is 0. The minimum atomic E-state index is -0.0863. The zero-order chi connectivity index (χ0) is 18.8. The fraction of sp³-hybridized carbons (Fsp3) is 0. The van der Waals surface area contributed by atoms with Crippen molar-refractivity contribution in [2.45, 2.75) is 0 Å². The highest BCUT2D eigenvalue weighted by Gasteiger charge is 2.10. The predicted octanol–water partition coefficient (Wildman–Crippen LogP) is 6.08. The smallest absolute Gasteiger partial charge is 0.266 e. The maximum absolute atomic E-state index is 13.2. The molecular weight excluding hydrogens is 468 g/mol. The summed E-state index contributed by atoms with van der Waals surface area (Å²) in [6, 6.07) is 23.0. The van der Waals surface area contributed by atoms with Gasteiger partial charge in [-0.3, -0.25) is 9.36 Å². The van der Waals surface area contributed by atoms with E-state index in [1.807, 2.05) is 84.9 Å². The van der Waals surface area contributed by atoms with Crippen molar-refractivity contribution in [1.29, 1.82) is 0 Å². The van der Waals surface area contributed by atoms with Crippen molar-refractivity contribution < 1.29 is 0 Å². The maximum Gasteiger partial charge on any atom is 0.266 e. The van der Waals surface area contributed by atoms with Crippen LogP contribution in [0.15, 0.2) is 86.5 Å². The number of fused-ring (bicyclic) bond motifs is 1. The van der Waals surface area contributed by atoms with Crippen molar-refractivity contribution in [2.75, 3.05) is 0 Å². The van der Waals surface area contributed by atoms with Crippen LogP contribution in [0.3, 0.4) is 0 Å². The average Bonchev–Trinajstić information content (AvgIpc) is 2.68. The molecule has 4 aromatic rings. The second kappa shape index (κ2) is 7.62. The molecular formula is C22H14Br2N2O. The molecule has 0 bridgehead atoms. The zero-order valence-corrected chi connectivity index (χ0v) is 17.3. The number of halogens is 2. The van der Waals surface area contributed by atoms with E-state index in [1.54, 1.807) is 4.57 Å². The van der Waals surface area contributed by atoms with Gasteiger partial charge in [-0.15, -0.1) is 0 Å². The summed E-state index contributed by atoms with van der Waals surface area (Å²) in [6.07, 6.45) is 3.83. The Morgan fingerprint density at radius 1 is 0.815 bits per heavy atom. The molecule has 0 spiro atoms. The van der Waals surface area contributed by atoms with E-state index < -0.39 is 0 Å². The molecule has 0 amide bonds. The first-order valence-corrected chi connectivity index (χ1v) is 9.92. The van der Waals surface area contributed by atoms with Gasteiger partial charge in [0.25, 0.3) is 5.56 Å². The number of hydrogen-bond acceptors (Lipinski definition) is 2. The van der Waals surface area contributed by atoms with Gasteiger partial charge in [0.05, 0.1) is 16.6 Å². The van der Waals surface area contributed by atoms with Gasteiger partial charge in [0.1, 0.15) is 5.82 Å². The monoisotopic (exact) mass is 480 g/mol. The third kappa shape index (κ3) is 3.80. The van der Waals surface area contributed by atoms with E-state index >= 15 is 0 Å². The third-order valence-electron chi connectivity index (χ3n) is 4.16. The Labute approximate surface area is 173 Å². The highest BCUT2D eigenvalue weighted by atomic mass is 79.9. The fourth-order valence-corrected chi connectivity index (χ4v) is 3.56. The largest absolute Gasteiger partial charge is 0.268 e. The van der Waals surface area contributed by atoms with Crippen LogP contribution in [0.4, 0.5) is 0 Å². The molecule has 4 rings (SSSR count). The summed E-state index contributed by atoms with van der Waals surface area (Å²) < 4.78 is 3.60. The maximum atomic E-state index is 13.2. The van der Waals surface area contributed by atoms with Gasteiger partial charge >= 0.3 is 0 Å². The molecule has 0 atom stereocenters. The lowest BCUT2D eigenvalue weighted by Gasteiger charge is -2.11. The van der Waals surface area contributed by atoms with Gasteiger partial charge in [-0.05, 0) is 60.2 Å². The van der Waals surface area contributed by atoms with Crippen LogP contribution in [0.5, 0.6) is 0 Å². The van der Waals surface area contributed by atoms with Gasteiger partial charge in [-0.1, -0.05) is 62.2 Å². The van der Waals surface area contributed by atoms with Crippen LogP contribution in [-0.4, -0.2) is 9.55 Å². The first kappa shape index (κ1) is 17.9. The van der Waals surface area contributed by atoms with Crippen molar-refractivity contribution in [3.05, 3.63) is 103 Å². The van der Waals surface area contributed by atoms with Crippen LogP contribution in [0.25, 0.3) is 28.7 Å². The SMILES string of the molecule is O=c1c2ccccc2nc(/C=C/c2cccc(Br)c2)n1-c1ccc(Br)cc1. The predicted molar refractivity (Wildman–Crippen MR) is 118 cm³/mol. The van der Waals surface area contributed by atoms with Crippen LogP contribution in [-0.2, 0) is 0 Å².